The SMILES string of the molecule is CCc1ccc(OCc2nc(C(=O)O)c(CC)s2)cc1. The fraction of sp³-hybridized carbons (Fsp3) is 0.333. The van der Waals surface area contributed by atoms with Gasteiger partial charge in [-0.05, 0) is 30.5 Å². The molecule has 20 heavy (non-hydrogen) atoms. The Morgan fingerprint density at radius 2 is 1.95 bits per heavy atom. The summed E-state index contributed by atoms with van der Waals surface area (Å²) in [5.41, 5.74) is 1.41. The van der Waals surface area contributed by atoms with Gasteiger partial charge in [0.05, 0.1) is 0 Å². The summed E-state index contributed by atoms with van der Waals surface area (Å²) < 4.78 is 5.64. The monoisotopic (exact) mass is 291 g/mol. The molecule has 4 nitrogen and oxygen atoms in total. The van der Waals surface area contributed by atoms with Crippen LogP contribution in [0.2, 0.25) is 0 Å². The van der Waals surface area contributed by atoms with Gasteiger partial charge in [0.15, 0.2) is 5.69 Å². The number of rotatable bonds is 6. The third-order valence-corrected chi connectivity index (χ3v) is 4.13. The number of benzene rings is 1. The van der Waals surface area contributed by atoms with Crippen LogP contribution in [-0.2, 0) is 19.4 Å². The minimum atomic E-state index is -0.975. The van der Waals surface area contributed by atoms with Gasteiger partial charge in [-0.1, -0.05) is 26.0 Å². The molecule has 5 heteroatoms. The van der Waals surface area contributed by atoms with E-state index >= 15 is 0 Å². The van der Waals surface area contributed by atoms with Crippen LogP contribution in [0.1, 0.15) is 39.8 Å². The predicted octanol–water partition coefficient (Wildman–Crippen LogP) is 3.55. The third-order valence-electron chi connectivity index (χ3n) is 2.96. The first-order valence-electron chi connectivity index (χ1n) is 6.57. The second-order valence-electron chi connectivity index (χ2n) is 4.32. The molecule has 1 aromatic heterocycles. The highest BCUT2D eigenvalue weighted by atomic mass is 32.1. The number of aromatic nitrogens is 1. The summed E-state index contributed by atoms with van der Waals surface area (Å²) in [4.78, 5) is 16.0. The van der Waals surface area contributed by atoms with Crippen molar-refractivity contribution in [3.8, 4) is 5.75 Å². The number of nitrogens with zero attached hydrogens (tertiary/aromatic N) is 1. The molecule has 2 aromatic rings. The van der Waals surface area contributed by atoms with Gasteiger partial charge in [0.1, 0.15) is 17.4 Å². The smallest absolute Gasteiger partial charge is 0.355 e. The lowest BCUT2D eigenvalue weighted by atomic mass is 10.2. The molecular weight excluding hydrogens is 274 g/mol. The average molecular weight is 291 g/mol. The van der Waals surface area contributed by atoms with Crippen molar-refractivity contribution in [2.24, 2.45) is 0 Å². The number of ether oxygens (including phenoxy) is 1. The molecular formula is C15H17NO3S. The lowest BCUT2D eigenvalue weighted by Gasteiger charge is -2.04. The molecule has 0 aliphatic heterocycles. The highest BCUT2D eigenvalue weighted by Crippen LogP contribution is 2.21. The quantitative estimate of drug-likeness (QED) is 0.884. The Morgan fingerprint density at radius 1 is 1.25 bits per heavy atom. The Balaban J connectivity index is 2.04. The van der Waals surface area contributed by atoms with Gasteiger partial charge in [-0.3, -0.25) is 0 Å². The zero-order chi connectivity index (χ0) is 14.5. The van der Waals surface area contributed by atoms with Gasteiger partial charge < -0.3 is 9.84 Å². The maximum Gasteiger partial charge on any atom is 0.355 e. The summed E-state index contributed by atoms with van der Waals surface area (Å²) in [6.07, 6.45) is 1.67. The third kappa shape index (κ3) is 3.36. The molecule has 0 saturated heterocycles. The van der Waals surface area contributed by atoms with Crippen molar-refractivity contribution < 1.29 is 14.6 Å². The second-order valence-corrected chi connectivity index (χ2v) is 5.49. The topological polar surface area (TPSA) is 59.4 Å². The minimum Gasteiger partial charge on any atom is -0.486 e. The van der Waals surface area contributed by atoms with Gasteiger partial charge in [-0.2, -0.15) is 0 Å². The van der Waals surface area contributed by atoms with E-state index in [-0.39, 0.29) is 5.69 Å². The second kappa shape index (κ2) is 6.52. The normalized spacial score (nSPS) is 10.5. The number of hydrogen-bond donors (Lipinski definition) is 1. The maximum absolute atomic E-state index is 11.0. The Bertz CT molecular complexity index is 590. The summed E-state index contributed by atoms with van der Waals surface area (Å²) in [5, 5.41) is 9.75. The van der Waals surface area contributed by atoms with E-state index in [1.165, 1.54) is 16.9 Å². The average Bonchev–Trinajstić information content (AvgIpc) is 2.89. The fourth-order valence-electron chi connectivity index (χ4n) is 1.84. The largest absolute Gasteiger partial charge is 0.486 e. The summed E-state index contributed by atoms with van der Waals surface area (Å²) in [6.45, 7) is 4.33. The van der Waals surface area contributed by atoms with Crippen LogP contribution in [0.25, 0.3) is 0 Å². The van der Waals surface area contributed by atoms with Crippen LogP contribution < -0.4 is 4.74 Å². The number of carboxylic acid groups (broad SMARTS) is 1. The lowest BCUT2D eigenvalue weighted by Crippen LogP contribution is -2.01. The zero-order valence-corrected chi connectivity index (χ0v) is 12.4. The molecule has 0 aliphatic rings. The molecule has 0 radical (unpaired) electrons. The number of aromatic carboxylic acids is 1. The maximum atomic E-state index is 11.0. The highest BCUT2D eigenvalue weighted by molar-refractivity contribution is 7.11. The van der Waals surface area contributed by atoms with Crippen molar-refractivity contribution in [1.82, 2.24) is 4.98 Å². The van der Waals surface area contributed by atoms with Crippen LogP contribution in [0.15, 0.2) is 24.3 Å². The molecule has 0 saturated carbocycles. The molecule has 2 rings (SSSR count). The van der Waals surface area contributed by atoms with Gasteiger partial charge in [0, 0.05) is 4.88 Å². The molecule has 0 atom stereocenters. The molecule has 0 fully saturated rings. The lowest BCUT2D eigenvalue weighted by molar-refractivity contribution is 0.0690. The van der Waals surface area contributed by atoms with Crippen molar-refractivity contribution >= 4 is 17.3 Å². The number of thiazole rings is 1. The molecule has 1 aromatic carbocycles. The first kappa shape index (κ1) is 14.5. The predicted molar refractivity (Wildman–Crippen MR) is 78.6 cm³/mol. The molecule has 0 aliphatic carbocycles. The van der Waals surface area contributed by atoms with E-state index in [1.807, 2.05) is 31.2 Å². The van der Waals surface area contributed by atoms with Gasteiger partial charge in [0.2, 0.25) is 0 Å². The van der Waals surface area contributed by atoms with E-state index in [0.29, 0.717) is 18.0 Å². The summed E-state index contributed by atoms with van der Waals surface area (Å²) in [6, 6.07) is 7.89. The van der Waals surface area contributed by atoms with Crippen LogP contribution in [0.4, 0.5) is 0 Å². The van der Waals surface area contributed by atoms with Gasteiger partial charge in [-0.25, -0.2) is 9.78 Å². The first-order chi connectivity index (χ1) is 9.63. The minimum absolute atomic E-state index is 0.150. The van der Waals surface area contributed by atoms with Crippen molar-refractivity contribution in [1.29, 1.82) is 0 Å². The van der Waals surface area contributed by atoms with E-state index in [2.05, 4.69) is 11.9 Å². The van der Waals surface area contributed by atoms with Crippen molar-refractivity contribution in [2.75, 3.05) is 0 Å². The van der Waals surface area contributed by atoms with Gasteiger partial charge in [-0.15, -0.1) is 11.3 Å². The Morgan fingerprint density at radius 3 is 2.45 bits per heavy atom. The summed E-state index contributed by atoms with van der Waals surface area (Å²) in [5.74, 6) is -0.205. The van der Waals surface area contributed by atoms with E-state index in [0.717, 1.165) is 17.0 Å². The molecule has 1 heterocycles. The summed E-state index contributed by atoms with van der Waals surface area (Å²) >= 11 is 1.40. The van der Waals surface area contributed by atoms with Crippen LogP contribution in [-0.4, -0.2) is 16.1 Å². The number of aryl methyl sites for hydroxylation is 2. The van der Waals surface area contributed by atoms with Crippen LogP contribution in [0.5, 0.6) is 5.75 Å². The van der Waals surface area contributed by atoms with Crippen molar-refractivity contribution in [3.63, 3.8) is 0 Å². The molecule has 0 spiro atoms. The summed E-state index contributed by atoms with van der Waals surface area (Å²) in [7, 11) is 0. The molecule has 1 N–H and O–H groups in total. The molecule has 0 unspecified atom stereocenters. The number of carbonyl (C=O) groups is 1. The van der Waals surface area contributed by atoms with Crippen LogP contribution in [0.3, 0.4) is 0 Å². The van der Waals surface area contributed by atoms with Crippen molar-refractivity contribution in [3.05, 3.63) is 45.4 Å². The molecule has 106 valence electrons. The fourth-order valence-corrected chi connectivity index (χ4v) is 2.75. The molecule has 0 amide bonds. The number of hydrogen-bond acceptors (Lipinski definition) is 4. The first-order valence-corrected chi connectivity index (χ1v) is 7.39. The van der Waals surface area contributed by atoms with Gasteiger partial charge in [0.25, 0.3) is 0 Å². The van der Waals surface area contributed by atoms with Crippen molar-refractivity contribution in [2.45, 2.75) is 33.3 Å². The number of carboxylic acids is 1. The van der Waals surface area contributed by atoms with E-state index in [9.17, 15) is 4.79 Å². The standard InChI is InChI=1S/C15H17NO3S/c1-3-10-5-7-11(8-6-10)19-9-13-16-14(15(17)18)12(4-2)20-13/h5-8H,3-4,9H2,1-2H3,(H,17,18). The Kier molecular flexibility index (Phi) is 4.74. The van der Waals surface area contributed by atoms with E-state index < -0.39 is 5.97 Å². The zero-order valence-electron chi connectivity index (χ0n) is 11.5. The Labute approximate surface area is 122 Å². The van der Waals surface area contributed by atoms with E-state index in [4.69, 9.17) is 9.84 Å². The van der Waals surface area contributed by atoms with Crippen LogP contribution in [0, 0.1) is 0 Å². The molecule has 0 bridgehead atoms. The highest BCUT2D eigenvalue weighted by Gasteiger charge is 2.16. The Hall–Kier alpha value is -1.88. The van der Waals surface area contributed by atoms with Crippen LogP contribution >= 0.6 is 11.3 Å². The van der Waals surface area contributed by atoms with E-state index in [1.54, 1.807) is 0 Å². The van der Waals surface area contributed by atoms with Gasteiger partial charge >= 0.3 is 5.97 Å².